The largest absolute Gasteiger partial charge is 0.382 e. The summed E-state index contributed by atoms with van der Waals surface area (Å²) >= 11 is 0. The molecule has 1 N–H and O–H groups in total. The third-order valence-corrected chi connectivity index (χ3v) is 2.04. The van der Waals surface area contributed by atoms with Crippen LogP contribution in [0.5, 0.6) is 0 Å². The van der Waals surface area contributed by atoms with Crippen molar-refractivity contribution < 1.29 is 0 Å². The van der Waals surface area contributed by atoms with Crippen molar-refractivity contribution in [3.63, 3.8) is 0 Å². The van der Waals surface area contributed by atoms with Gasteiger partial charge in [0.2, 0.25) is 0 Å². The third kappa shape index (κ3) is 3.13. The minimum Gasteiger partial charge on any atom is -0.382 e. The van der Waals surface area contributed by atoms with Gasteiger partial charge in [0.1, 0.15) is 0 Å². The van der Waals surface area contributed by atoms with Gasteiger partial charge in [0.15, 0.2) is 0 Å². The molecule has 74 valence electrons. The molecule has 1 aliphatic heterocycles. The van der Waals surface area contributed by atoms with E-state index in [-0.39, 0.29) is 0 Å². The predicted molar refractivity (Wildman–Crippen MR) is 57.4 cm³/mol. The Morgan fingerprint density at radius 3 is 2.77 bits per heavy atom. The first-order valence-corrected chi connectivity index (χ1v) is 5.01. The summed E-state index contributed by atoms with van der Waals surface area (Å²) in [5.41, 5.74) is 2.66. The Morgan fingerprint density at radius 1 is 1.54 bits per heavy atom. The Bertz CT molecular complexity index is 226. The summed E-state index contributed by atoms with van der Waals surface area (Å²) in [5.74, 6) is 0. The maximum Gasteiger partial charge on any atom is 0.0504 e. The van der Waals surface area contributed by atoms with Crippen LogP contribution in [0.4, 0.5) is 0 Å². The van der Waals surface area contributed by atoms with Crippen molar-refractivity contribution >= 4 is 0 Å². The Hall–Kier alpha value is -0.920. The number of nitrogens with zero attached hydrogens (tertiary/aromatic N) is 1. The molecule has 13 heavy (non-hydrogen) atoms. The molecule has 0 fully saturated rings. The van der Waals surface area contributed by atoms with Gasteiger partial charge in [-0.2, -0.15) is 0 Å². The third-order valence-electron chi connectivity index (χ3n) is 2.04. The zero-order valence-corrected chi connectivity index (χ0v) is 9.09. The fourth-order valence-corrected chi connectivity index (χ4v) is 1.53. The molecule has 0 saturated carbocycles. The SMILES string of the molecule is CCN1C=C(NC(C)C)C=C(C)C1. The van der Waals surface area contributed by atoms with Gasteiger partial charge in [-0.3, -0.25) is 0 Å². The van der Waals surface area contributed by atoms with Crippen LogP contribution in [0, 0.1) is 0 Å². The molecule has 0 atom stereocenters. The lowest BCUT2D eigenvalue weighted by molar-refractivity contribution is 0.415. The Morgan fingerprint density at radius 2 is 2.23 bits per heavy atom. The molecular weight excluding hydrogens is 160 g/mol. The Balaban J connectivity index is 2.65. The number of hydrogen-bond donors (Lipinski definition) is 1. The summed E-state index contributed by atoms with van der Waals surface area (Å²) in [6.45, 7) is 10.8. The van der Waals surface area contributed by atoms with E-state index in [0.717, 1.165) is 13.1 Å². The standard InChI is InChI=1S/C11H20N2/c1-5-13-7-10(4)6-11(8-13)12-9(2)3/h6,8-9,12H,5,7H2,1-4H3. The van der Waals surface area contributed by atoms with Gasteiger partial charge in [-0.05, 0) is 33.8 Å². The Labute approximate surface area is 81.3 Å². The molecule has 0 aromatic rings. The fourth-order valence-electron chi connectivity index (χ4n) is 1.53. The number of allylic oxidation sites excluding steroid dienone is 1. The van der Waals surface area contributed by atoms with Crippen LogP contribution in [0.3, 0.4) is 0 Å². The highest BCUT2D eigenvalue weighted by Crippen LogP contribution is 2.11. The fraction of sp³-hybridized carbons (Fsp3) is 0.636. The van der Waals surface area contributed by atoms with E-state index in [2.05, 4.69) is 50.2 Å². The quantitative estimate of drug-likeness (QED) is 0.715. The van der Waals surface area contributed by atoms with Crippen LogP contribution >= 0.6 is 0 Å². The van der Waals surface area contributed by atoms with Gasteiger partial charge >= 0.3 is 0 Å². The highest BCUT2D eigenvalue weighted by Gasteiger charge is 2.07. The first-order chi connectivity index (χ1) is 6.11. The molecule has 1 heterocycles. The summed E-state index contributed by atoms with van der Waals surface area (Å²) in [6.07, 6.45) is 4.43. The molecule has 1 aliphatic rings. The van der Waals surface area contributed by atoms with Crippen molar-refractivity contribution in [3.05, 3.63) is 23.5 Å². The van der Waals surface area contributed by atoms with E-state index in [0.29, 0.717) is 6.04 Å². The number of hydrogen-bond acceptors (Lipinski definition) is 2. The van der Waals surface area contributed by atoms with E-state index in [1.807, 2.05) is 0 Å². The van der Waals surface area contributed by atoms with Gasteiger partial charge in [0.05, 0.1) is 5.70 Å². The van der Waals surface area contributed by atoms with Crippen LogP contribution in [0.2, 0.25) is 0 Å². The maximum absolute atomic E-state index is 3.42. The monoisotopic (exact) mass is 180 g/mol. The minimum absolute atomic E-state index is 0.507. The van der Waals surface area contributed by atoms with Crippen molar-refractivity contribution in [2.45, 2.75) is 33.7 Å². The van der Waals surface area contributed by atoms with Crippen molar-refractivity contribution in [2.24, 2.45) is 0 Å². The first-order valence-electron chi connectivity index (χ1n) is 5.01. The van der Waals surface area contributed by atoms with Crippen LogP contribution in [0.15, 0.2) is 23.5 Å². The molecule has 0 aromatic heterocycles. The van der Waals surface area contributed by atoms with Crippen molar-refractivity contribution in [3.8, 4) is 0 Å². The molecule has 0 spiro atoms. The summed E-state index contributed by atoms with van der Waals surface area (Å²) in [5, 5.41) is 3.42. The van der Waals surface area contributed by atoms with Crippen LogP contribution in [-0.2, 0) is 0 Å². The molecule has 0 radical (unpaired) electrons. The van der Waals surface area contributed by atoms with Gasteiger partial charge in [0, 0.05) is 25.3 Å². The van der Waals surface area contributed by atoms with E-state index < -0.39 is 0 Å². The van der Waals surface area contributed by atoms with Crippen LogP contribution in [-0.4, -0.2) is 24.0 Å². The number of rotatable bonds is 3. The molecular formula is C11H20N2. The normalized spacial score (nSPS) is 17.2. The highest BCUT2D eigenvalue weighted by molar-refractivity contribution is 5.26. The van der Waals surface area contributed by atoms with Gasteiger partial charge in [-0.15, -0.1) is 0 Å². The lowest BCUT2D eigenvalue weighted by Gasteiger charge is -2.25. The van der Waals surface area contributed by atoms with Crippen LogP contribution < -0.4 is 5.32 Å². The summed E-state index contributed by atoms with van der Waals surface area (Å²) in [7, 11) is 0. The van der Waals surface area contributed by atoms with Gasteiger partial charge in [-0.1, -0.05) is 5.57 Å². The van der Waals surface area contributed by atoms with E-state index in [4.69, 9.17) is 0 Å². The Kier molecular flexibility index (Phi) is 3.40. The molecule has 0 aromatic carbocycles. The van der Waals surface area contributed by atoms with Crippen molar-refractivity contribution in [1.82, 2.24) is 10.2 Å². The second kappa shape index (κ2) is 4.35. The molecule has 0 unspecified atom stereocenters. The van der Waals surface area contributed by atoms with Gasteiger partial charge in [-0.25, -0.2) is 0 Å². The van der Waals surface area contributed by atoms with E-state index in [1.165, 1.54) is 11.3 Å². The van der Waals surface area contributed by atoms with Crippen LogP contribution in [0.25, 0.3) is 0 Å². The lowest BCUT2D eigenvalue weighted by Crippen LogP contribution is -2.29. The second-order valence-electron chi connectivity index (χ2n) is 3.94. The predicted octanol–water partition coefficient (Wildman–Crippen LogP) is 2.11. The molecule has 0 saturated heterocycles. The first kappa shape index (κ1) is 10.2. The van der Waals surface area contributed by atoms with Crippen molar-refractivity contribution in [1.29, 1.82) is 0 Å². The number of likely N-dealkylation sites (N-methyl/N-ethyl adjacent to an activating group) is 1. The molecule has 1 rings (SSSR count). The van der Waals surface area contributed by atoms with Crippen LogP contribution in [0.1, 0.15) is 27.7 Å². The van der Waals surface area contributed by atoms with Gasteiger partial charge < -0.3 is 10.2 Å². The molecule has 2 nitrogen and oxygen atoms in total. The molecule has 0 aliphatic carbocycles. The average Bonchev–Trinajstić information content (AvgIpc) is 2.01. The highest BCUT2D eigenvalue weighted by atomic mass is 15.1. The van der Waals surface area contributed by atoms with Gasteiger partial charge in [0.25, 0.3) is 0 Å². The smallest absolute Gasteiger partial charge is 0.0504 e. The summed E-state index contributed by atoms with van der Waals surface area (Å²) < 4.78 is 0. The van der Waals surface area contributed by atoms with E-state index >= 15 is 0 Å². The second-order valence-corrected chi connectivity index (χ2v) is 3.94. The number of nitrogens with one attached hydrogen (secondary N) is 1. The topological polar surface area (TPSA) is 15.3 Å². The summed E-state index contributed by atoms with van der Waals surface area (Å²) in [4.78, 5) is 2.32. The summed E-state index contributed by atoms with van der Waals surface area (Å²) in [6, 6.07) is 0.507. The maximum atomic E-state index is 3.42. The molecule has 0 amide bonds. The average molecular weight is 180 g/mol. The molecule has 0 bridgehead atoms. The minimum atomic E-state index is 0.507. The molecule has 2 heteroatoms. The van der Waals surface area contributed by atoms with E-state index in [9.17, 15) is 0 Å². The zero-order chi connectivity index (χ0) is 9.84. The zero-order valence-electron chi connectivity index (χ0n) is 9.09. The lowest BCUT2D eigenvalue weighted by atomic mass is 10.1. The van der Waals surface area contributed by atoms with Crippen molar-refractivity contribution in [2.75, 3.05) is 13.1 Å². The van der Waals surface area contributed by atoms with E-state index in [1.54, 1.807) is 0 Å².